The lowest BCUT2D eigenvalue weighted by atomic mass is 9.94. The van der Waals surface area contributed by atoms with Crippen LogP contribution in [0.2, 0.25) is 0 Å². The van der Waals surface area contributed by atoms with Crippen LogP contribution in [0.5, 0.6) is 0 Å². The summed E-state index contributed by atoms with van der Waals surface area (Å²) in [4.78, 5) is 0. The van der Waals surface area contributed by atoms with E-state index in [-0.39, 0.29) is 10.9 Å². The van der Waals surface area contributed by atoms with Gasteiger partial charge in [-0.1, -0.05) is 18.2 Å². The number of hydrogen-bond acceptors (Lipinski definition) is 2. The van der Waals surface area contributed by atoms with E-state index in [1.54, 1.807) is 12.1 Å². The summed E-state index contributed by atoms with van der Waals surface area (Å²) in [5.41, 5.74) is -0.356. The number of alkyl halides is 6. The van der Waals surface area contributed by atoms with Crippen LogP contribution in [-0.2, 0) is 0 Å². The maximum Gasteiger partial charge on any atom is 0.403 e. The Labute approximate surface area is 113 Å². The largest absolute Gasteiger partial charge is 0.403 e. The summed E-state index contributed by atoms with van der Waals surface area (Å²) in [5, 5.41) is 10.9. The number of rotatable bonds is 2. The zero-order chi connectivity index (χ0) is 15.1. The second-order valence-electron chi connectivity index (χ2n) is 4.19. The highest BCUT2D eigenvalue weighted by Crippen LogP contribution is 2.48. The fraction of sp³-hybridized carbons (Fsp3) is 0.333. The van der Waals surface area contributed by atoms with E-state index in [9.17, 15) is 31.4 Å². The van der Waals surface area contributed by atoms with Gasteiger partial charge in [-0.05, 0) is 22.4 Å². The summed E-state index contributed by atoms with van der Waals surface area (Å²) in [6.07, 6.45) is -13.8. The molecule has 0 spiro atoms. The number of hydrogen-bond donors (Lipinski definition) is 1. The van der Waals surface area contributed by atoms with E-state index < -0.39 is 24.4 Å². The molecule has 2 rings (SSSR count). The molecule has 0 bridgehead atoms. The fourth-order valence-corrected chi connectivity index (χ4v) is 2.94. The molecule has 0 radical (unpaired) electrons. The van der Waals surface area contributed by atoms with Crippen molar-refractivity contribution >= 4 is 21.4 Å². The Morgan fingerprint density at radius 3 is 2.05 bits per heavy atom. The minimum atomic E-state index is -5.57. The highest BCUT2D eigenvalue weighted by Gasteiger charge is 2.60. The number of halogens is 6. The minimum absolute atomic E-state index is 0.198. The van der Waals surface area contributed by atoms with E-state index in [4.69, 9.17) is 0 Å². The molecule has 0 amide bonds. The van der Waals surface area contributed by atoms with Gasteiger partial charge in [0.25, 0.3) is 0 Å². The lowest BCUT2D eigenvalue weighted by Gasteiger charge is -2.27. The zero-order valence-corrected chi connectivity index (χ0v) is 10.5. The lowest BCUT2D eigenvalue weighted by molar-refractivity contribution is -0.307. The second kappa shape index (κ2) is 4.92. The third-order valence-corrected chi connectivity index (χ3v) is 3.83. The first-order chi connectivity index (χ1) is 9.12. The zero-order valence-electron chi connectivity index (χ0n) is 9.66. The summed E-state index contributed by atoms with van der Waals surface area (Å²) < 4.78 is 76.0. The van der Waals surface area contributed by atoms with Gasteiger partial charge in [0.1, 0.15) is 6.10 Å². The molecule has 1 heterocycles. The molecule has 0 aliphatic carbocycles. The third kappa shape index (κ3) is 2.76. The van der Waals surface area contributed by atoms with E-state index in [1.165, 1.54) is 12.1 Å². The van der Waals surface area contributed by atoms with E-state index in [1.807, 2.05) is 0 Å². The number of fused-ring (bicyclic) bond motifs is 1. The van der Waals surface area contributed by atoms with Crippen molar-refractivity contribution in [1.82, 2.24) is 0 Å². The van der Waals surface area contributed by atoms with E-state index >= 15 is 0 Å². The third-order valence-electron chi connectivity index (χ3n) is 2.85. The molecular formula is C12H8F6OS. The molecule has 0 aliphatic heterocycles. The van der Waals surface area contributed by atoms with Crippen molar-refractivity contribution in [3.05, 3.63) is 35.2 Å². The molecule has 8 heteroatoms. The van der Waals surface area contributed by atoms with Crippen LogP contribution in [0, 0.1) is 5.92 Å². The van der Waals surface area contributed by atoms with Crippen molar-refractivity contribution in [2.75, 3.05) is 0 Å². The number of benzene rings is 1. The minimum Gasteiger partial charge on any atom is -0.387 e. The van der Waals surface area contributed by atoms with E-state index in [2.05, 4.69) is 0 Å². The highest BCUT2D eigenvalue weighted by molar-refractivity contribution is 7.17. The monoisotopic (exact) mass is 314 g/mol. The fourth-order valence-electron chi connectivity index (χ4n) is 1.95. The maximum absolute atomic E-state index is 12.6. The predicted octanol–water partition coefficient (Wildman–Crippen LogP) is 4.68. The Balaban J connectivity index is 2.50. The van der Waals surface area contributed by atoms with Crippen LogP contribution in [-0.4, -0.2) is 17.5 Å². The Bertz CT molecular complexity index is 586. The van der Waals surface area contributed by atoms with Gasteiger partial charge >= 0.3 is 12.4 Å². The van der Waals surface area contributed by atoms with Gasteiger partial charge in [-0.2, -0.15) is 26.3 Å². The van der Waals surface area contributed by atoms with E-state index in [0.29, 0.717) is 4.70 Å². The standard InChI is InChI=1S/C12H8F6OS/c13-11(14,15)10(12(16,17)18)9(19)7-5-20-8-4-2-1-3-6(7)8/h1-5,9-10,19H. The van der Waals surface area contributed by atoms with Crippen molar-refractivity contribution in [3.8, 4) is 0 Å². The average molecular weight is 314 g/mol. The van der Waals surface area contributed by atoms with Crippen LogP contribution in [0.25, 0.3) is 10.1 Å². The molecule has 2 aromatic rings. The van der Waals surface area contributed by atoms with Gasteiger partial charge in [0.05, 0.1) is 0 Å². The number of aliphatic hydroxyl groups is 1. The highest BCUT2D eigenvalue weighted by atomic mass is 32.1. The van der Waals surface area contributed by atoms with Crippen molar-refractivity contribution in [2.24, 2.45) is 5.92 Å². The molecule has 0 saturated carbocycles. The Morgan fingerprint density at radius 2 is 1.50 bits per heavy atom. The van der Waals surface area contributed by atoms with Crippen LogP contribution in [0.4, 0.5) is 26.3 Å². The molecule has 110 valence electrons. The molecule has 1 nitrogen and oxygen atoms in total. The smallest absolute Gasteiger partial charge is 0.387 e. The van der Waals surface area contributed by atoms with Crippen molar-refractivity contribution < 1.29 is 31.4 Å². The lowest BCUT2D eigenvalue weighted by Crippen LogP contribution is -2.40. The van der Waals surface area contributed by atoms with Gasteiger partial charge in [0, 0.05) is 4.70 Å². The van der Waals surface area contributed by atoms with Crippen molar-refractivity contribution in [3.63, 3.8) is 0 Å². The van der Waals surface area contributed by atoms with Gasteiger partial charge in [-0.15, -0.1) is 11.3 Å². The van der Waals surface area contributed by atoms with E-state index in [0.717, 1.165) is 16.7 Å². The molecule has 1 aromatic heterocycles. The average Bonchev–Trinajstić information content (AvgIpc) is 2.68. The molecule has 0 fully saturated rings. The first-order valence-corrected chi connectivity index (χ1v) is 6.28. The maximum atomic E-state index is 12.6. The Morgan fingerprint density at radius 1 is 0.950 bits per heavy atom. The SMILES string of the molecule is OC(c1csc2ccccc12)C(C(F)(F)F)C(F)(F)F. The van der Waals surface area contributed by atoms with Crippen LogP contribution < -0.4 is 0 Å². The first-order valence-electron chi connectivity index (χ1n) is 5.40. The van der Waals surface area contributed by atoms with Gasteiger partial charge in [0.15, 0.2) is 5.92 Å². The quantitative estimate of drug-likeness (QED) is 0.798. The summed E-state index contributed by atoms with van der Waals surface area (Å²) >= 11 is 0.986. The van der Waals surface area contributed by atoms with Gasteiger partial charge < -0.3 is 5.11 Å². The van der Waals surface area contributed by atoms with Crippen molar-refractivity contribution in [1.29, 1.82) is 0 Å². The van der Waals surface area contributed by atoms with Gasteiger partial charge in [0.2, 0.25) is 0 Å². The topological polar surface area (TPSA) is 20.2 Å². The Kier molecular flexibility index (Phi) is 3.72. The number of thiophene rings is 1. The van der Waals surface area contributed by atoms with Crippen LogP contribution >= 0.6 is 11.3 Å². The summed E-state index contributed by atoms with van der Waals surface area (Å²) in [5.74, 6) is -3.80. The Hall–Kier alpha value is -1.28. The first kappa shape index (κ1) is 15.1. The molecular weight excluding hydrogens is 306 g/mol. The van der Waals surface area contributed by atoms with Gasteiger partial charge in [-0.3, -0.25) is 0 Å². The van der Waals surface area contributed by atoms with Crippen LogP contribution in [0.15, 0.2) is 29.6 Å². The molecule has 20 heavy (non-hydrogen) atoms. The number of aliphatic hydroxyl groups excluding tert-OH is 1. The van der Waals surface area contributed by atoms with Gasteiger partial charge in [-0.25, -0.2) is 0 Å². The normalized spacial score (nSPS) is 15.0. The molecule has 1 aromatic carbocycles. The second-order valence-corrected chi connectivity index (χ2v) is 5.10. The predicted molar refractivity (Wildman–Crippen MR) is 62.4 cm³/mol. The molecule has 1 atom stereocenters. The molecule has 0 aliphatic rings. The van der Waals surface area contributed by atoms with Crippen molar-refractivity contribution in [2.45, 2.75) is 18.5 Å². The molecule has 0 saturated heterocycles. The molecule has 1 N–H and O–H groups in total. The molecule has 1 unspecified atom stereocenters. The van der Waals surface area contributed by atoms with Crippen LogP contribution in [0.1, 0.15) is 11.7 Å². The summed E-state index contributed by atoms with van der Waals surface area (Å²) in [7, 11) is 0. The summed E-state index contributed by atoms with van der Waals surface area (Å²) in [6, 6.07) is 6.04. The summed E-state index contributed by atoms with van der Waals surface area (Å²) in [6.45, 7) is 0. The van der Waals surface area contributed by atoms with Crippen LogP contribution in [0.3, 0.4) is 0 Å².